The van der Waals surface area contributed by atoms with Crippen LogP contribution in [-0.2, 0) is 6.54 Å². The molecule has 90 valence electrons. The number of likely N-dealkylation sites (tertiary alicyclic amines) is 1. The Kier molecular flexibility index (Phi) is 2.82. The van der Waals surface area contributed by atoms with Crippen molar-refractivity contribution in [2.45, 2.75) is 25.5 Å². The maximum absolute atomic E-state index is 9.63. The molecule has 4 heteroatoms. The summed E-state index contributed by atoms with van der Waals surface area (Å²) in [6.45, 7) is 2.61. The van der Waals surface area contributed by atoms with Crippen molar-refractivity contribution in [2.75, 3.05) is 13.1 Å². The topological polar surface area (TPSA) is 52.1 Å². The van der Waals surface area contributed by atoms with Gasteiger partial charge in [-0.15, -0.1) is 0 Å². The number of β-amino-alcohol motifs (C(OH)–C–C–N with tert-alkyl or cyclic N) is 1. The van der Waals surface area contributed by atoms with Crippen LogP contribution in [0.2, 0.25) is 0 Å². The standard InChI is InChI=1S/C13H17N3O/c17-10-4-3-7-16(8-10)9-13-14-11-5-1-2-6-12(11)15-13/h1-2,5-6,10,17H,3-4,7-9H2,(H,14,15). The fourth-order valence-electron chi connectivity index (χ4n) is 2.47. The van der Waals surface area contributed by atoms with Gasteiger partial charge >= 0.3 is 0 Å². The lowest BCUT2D eigenvalue weighted by atomic mass is 10.1. The van der Waals surface area contributed by atoms with Gasteiger partial charge in [0.1, 0.15) is 5.82 Å². The van der Waals surface area contributed by atoms with Crippen LogP contribution in [-0.4, -0.2) is 39.2 Å². The molecule has 2 aromatic rings. The molecule has 1 saturated heterocycles. The van der Waals surface area contributed by atoms with Gasteiger partial charge in [-0.3, -0.25) is 4.90 Å². The average Bonchev–Trinajstić information content (AvgIpc) is 2.71. The van der Waals surface area contributed by atoms with Crippen LogP contribution >= 0.6 is 0 Å². The molecule has 4 nitrogen and oxygen atoms in total. The third-order valence-corrected chi connectivity index (χ3v) is 3.29. The zero-order chi connectivity index (χ0) is 11.7. The number of aromatic nitrogens is 2. The van der Waals surface area contributed by atoms with Crippen molar-refractivity contribution in [2.24, 2.45) is 0 Å². The first-order valence-corrected chi connectivity index (χ1v) is 6.15. The second-order valence-corrected chi connectivity index (χ2v) is 4.73. The number of fused-ring (bicyclic) bond motifs is 1. The van der Waals surface area contributed by atoms with Gasteiger partial charge < -0.3 is 10.1 Å². The average molecular weight is 231 g/mol. The lowest BCUT2D eigenvalue weighted by Gasteiger charge is -2.29. The van der Waals surface area contributed by atoms with Crippen molar-refractivity contribution in [1.82, 2.24) is 14.9 Å². The molecule has 0 amide bonds. The molecular weight excluding hydrogens is 214 g/mol. The summed E-state index contributed by atoms with van der Waals surface area (Å²) in [5.41, 5.74) is 2.10. The normalized spacial score (nSPS) is 22.1. The summed E-state index contributed by atoms with van der Waals surface area (Å²) in [5.74, 6) is 0.986. The molecule has 2 heterocycles. The highest BCUT2D eigenvalue weighted by atomic mass is 16.3. The summed E-state index contributed by atoms with van der Waals surface area (Å²) in [6, 6.07) is 8.06. The van der Waals surface area contributed by atoms with Gasteiger partial charge in [-0.25, -0.2) is 4.98 Å². The van der Waals surface area contributed by atoms with Crippen LogP contribution in [0.25, 0.3) is 11.0 Å². The second-order valence-electron chi connectivity index (χ2n) is 4.73. The Hall–Kier alpha value is -1.39. The lowest BCUT2D eigenvalue weighted by molar-refractivity contribution is 0.0657. The Morgan fingerprint density at radius 1 is 1.41 bits per heavy atom. The molecule has 0 aliphatic carbocycles. The molecule has 1 fully saturated rings. The van der Waals surface area contributed by atoms with Gasteiger partial charge in [0.05, 0.1) is 23.7 Å². The van der Waals surface area contributed by atoms with Crippen LogP contribution in [0.4, 0.5) is 0 Å². The number of nitrogens with zero attached hydrogens (tertiary/aromatic N) is 2. The van der Waals surface area contributed by atoms with E-state index in [-0.39, 0.29) is 6.10 Å². The first kappa shape index (κ1) is 10.7. The maximum atomic E-state index is 9.63. The zero-order valence-corrected chi connectivity index (χ0v) is 9.76. The van der Waals surface area contributed by atoms with E-state index in [4.69, 9.17) is 0 Å². The molecule has 1 aliphatic rings. The molecular formula is C13H17N3O. The largest absolute Gasteiger partial charge is 0.392 e. The summed E-state index contributed by atoms with van der Waals surface area (Å²) in [4.78, 5) is 10.1. The van der Waals surface area contributed by atoms with E-state index in [1.165, 1.54) is 0 Å². The minimum Gasteiger partial charge on any atom is -0.392 e. The van der Waals surface area contributed by atoms with Crippen molar-refractivity contribution >= 4 is 11.0 Å². The molecule has 17 heavy (non-hydrogen) atoms. The summed E-state index contributed by atoms with van der Waals surface area (Å²) >= 11 is 0. The van der Waals surface area contributed by atoms with Crippen LogP contribution in [0.15, 0.2) is 24.3 Å². The van der Waals surface area contributed by atoms with Gasteiger partial charge in [-0.05, 0) is 31.5 Å². The number of aliphatic hydroxyl groups excluding tert-OH is 1. The van der Waals surface area contributed by atoms with Crippen molar-refractivity contribution in [3.05, 3.63) is 30.1 Å². The Balaban J connectivity index is 1.75. The molecule has 1 aromatic heterocycles. The number of para-hydroxylation sites is 2. The Morgan fingerprint density at radius 3 is 3.12 bits per heavy atom. The first-order valence-electron chi connectivity index (χ1n) is 6.15. The minimum atomic E-state index is -0.173. The Morgan fingerprint density at radius 2 is 2.29 bits per heavy atom. The number of rotatable bonds is 2. The molecule has 2 N–H and O–H groups in total. The zero-order valence-electron chi connectivity index (χ0n) is 9.76. The monoisotopic (exact) mass is 231 g/mol. The molecule has 1 atom stereocenters. The quantitative estimate of drug-likeness (QED) is 0.824. The van der Waals surface area contributed by atoms with E-state index in [9.17, 15) is 5.11 Å². The van der Waals surface area contributed by atoms with E-state index < -0.39 is 0 Å². The molecule has 0 bridgehead atoms. The summed E-state index contributed by atoms with van der Waals surface area (Å²) in [6.07, 6.45) is 1.83. The molecule has 1 unspecified atom stereocenters. The lowest BCUT2D eigenvalue weighted by Crippen LogP contribution is -2.37. The van der Waals surface area contributed by atoms with Crippen molar-refractivity contribution < 1.29 is 5.11 Å². The van der Waals surface area contributed by atoms with Crippen LogP contribution in [0, 0.1) is 0 Å². The fraction of sp³-hybridized carbons (Fsp3) is 0.462. The number of nitrogens with one attached hydrogen (secondary N) is 1. The number of piperidine rings is 1. The van der Waals surface area contributed by atoms with E-state index in [0.29, 0.717) is 0 Å². The number of hydrogen-bond acceptors (Lipinski definition) is 3. The molecule has 1 aromatic carbocycles. The molecule has 1 aliphatic heterocycles. The van der Waals surface area contributed by atoms with Gasteiger partial charge in [0.15, 0.2) is 0 Å². The fourth-order valence-corrected chi connectivity index (χ4v) is 2.47. The van der Waals surface area contributed by atoms with Crippen molar-refractivity contribution in [3.63, 3.8) is 0 Å². The van der Waals surface area contributed by atoms with E-state index in [1.807, 2.05) is 24.3 Å². The number of aliphatic hydroxyl groups is 1. The molecule has 3 rings (SSSR count). The number of imidazole rings is 1. The first-order chi connectivity index (χ1) is 8.31. The van der Waals surface area contributed by atoms with Crippen LogP contribution < -0.4 is 0 Å². The number of H-pyrrole nitrogens is 1. The predicted octanol–water partition coefficient (Wildman–Crippen LogP) is 1.52. The number of benzene rings is 1. The van der Waals surface area contributed by atoms with E-state index in [2.05, 4.69) is 14.9 Å². The van der Waals surface area contributed by atoms with Gasteiger partial charge in [-0.1, -0.05) is 12.1 Å². The summed E-state index contributed by atoms with van der Waals surface area (Å²) in [7, 11) is 0. The predicted molar refractivity (Wildman–Crippen MR) is 66.6 cm³/mol. The highest BCUT2D eigenvalue weighted by Crippen LogP contribution is 2.15. The third kappa shape index (κ3) is 2.33. The van der Waals surface area contributed by atoms with Gasteiger partial charge in [0.25, 0.3) is 0 Å². The van der Waals surface area contributed by atoms with Gasteiger partial charge in [-0.2, -0.15) is 0 Å². The van der Waals surface area contributed by atoms with Crippen LogP contribution in [0.5, 0.6) is 0 Å². The molecule has 0 saturated carbocycles. The smallest absolute Gasteiger partial charge is 0.121 e. The van der Waals surface area contributed by atoms with Gasteiger partial charge in [0, 0.05) is 6.54 Å². The van der Waals surface area contributed by atoms with E-state index in [1.54, 1.807) is 0 Å². The number of aromatic amines is 1. The Labute approximate surface area is 100 Å². The maximum Gasteiger partial charge on any atom is 0.121 e. The van der Waals surface area contributed by atoms with E-state index >= 15 is 0 Å². The summed E-state index contributed by atoms with van der Waals surface area (Å²) in [5, 5.41) is 9.63. The highest BCUT2D eigenvalue weighted by Gasteiger charge is 2.18. The minimum absolute atomic E-state index is 0.173. The Bertz CT molecular complexity index is 475. The second kappa shape index (κ2) is 4.47. The van der Waals surface area contributed by atoms with Gasteiger partial charge in [0.2, 0.25) is 0 Å². The molecule has 0 spiro atoms. The van der Waals surface area contributed by atoms with E-state index in [0.717, 1.165) is 49.3 Å². The van der Waals surface area contributed by atoms with Crippen LogP contribution in [0.1, 0.15) is 18.7 Å². The van der Waals surface area contributed by atoms with Crippen molar-refractivity contribution in [3.8, 4) is 0 Å². The summed E-state index contributed by atoms with van der Waals surface area (Å²) < 4.78 is 0. The van der Waals surface area contributed by atoms with Crippen LogP contribution in [0.3, 0.4) is 0 Å². The van der Waals surface area contributed by atoms with Crippen molar-refractivity contribution in [1.29, 1.82) is 0 Å². The molecule has 0 radical (unpaired) electrons. The number of hydrogen-bond donors (Lipinski definition) is 2. The highest BCUT2D eigenvalue weighted by molar-refractivity contribution is 5.74. The SMILES string of the molecule is OC1CCCN(Cc2nc3ccccc3[nH]2)C1. The third-order valence-electron chi connectivity index (χ3n) is 3.29.